The molecule has 192 valence electrons. The summed E-state index contributed by atoms with van der Waals surface area (Å²) in [6, 6.07) is 25.2. The number of ether oxygens (including phenoxy) is 1. The predicted molar refractivity (Wildman–Crippen MR) is 153 cm³/mol. The quantitative estimate of drug-likeness (QED) is 0.224. The van der Waals surface area contributed by atoms with Crippen LogP contribution >= 0.6 is 0 Å². The third-order valence-corrected chi connectivity index (χ3v) is 6.62. The first-order valence-electron chi connectivity index (χ1n) is 12.6. The van der Waals surface area contributed by atoms with Crippen LogP contribution in [0.1, 0.15) is 16.7 Å². The minimum atomic E-state index is -0.311. The number of hydrogen-bond acceptors (Lipinski definition) is 6. The van der Waals surface area contributed by atoms with E-state index in [2.05, 4.69) is 61.2 Å². The van der Waals surface area contributed by atoms with Crippen LogP contribution in [0, 0.1) is 6.92 Å². The first-order valence-corrected chi connectivity index (χ1v) is 12.6. The molecule has 3 N–H and O–H groups in total. The van der Waals surface area contributed by atoms with Crippen molar-refractivity contribution in [2.45, 2.75) is 13.3 Å². The molecule has 0 aliphatic heterocycles. The molecule has 3 aromatic carbocycles. The monoisotopic (exact) mass is 514 g/mol. The van der Waals surface area contributed by atoms with Crippen LogP contribution in [-0.2, 0) is 6.42 Å². The van der Waals surface area contributed by atoms with Crippen molar-refractivity contribution >= 4 is 23.4 Å². The van der Waals surface area contributed by atoms with Gasteiger partial charge in [-0.3, -0.25) is 0 Å². The van der Waals surface area contributed by atoms with Crippen molar-refractivity contribution in [3.05, 3.63) is 108 Å². The van der Waals surface area contributed by atoms with Crippen molar-refractivity contribution in [3.63, 3.8) is 0 Å². The van der Waals surface area contributed by atoms with E-state index in [9.17, 15) is 4.79 Å². The Morgan fingerprint density at radius 2 is 1.56 bits per heavy atom. The lowest BCUT2D eigenvalue weighted by molar-refractivity contribution is 0.262. The Labute approximate surface area is 226 Å². The van der Waals surface area contributed by atoms with Gasteiger partial charge in [-0.15, -0.1) is 0 Å². The Balaban J connectivity index is 1.14. The molecule has 0 atom stereocenters. The first kappa shape index (κ1) is 24.1. The van der Waals surface area contributed by atoms with Crippen molar-refractivity contribution in [1.29, 1.82) is 0 Å². The van der Waals surface area contributed by atoms with Crippen LogP contribution in [0.3, 0.4) is 0 Å². The topological polar surface area (TPSA) is 101 Å². The fourth-order valence-electron chi connectivity index (χ4n) is 4.76. The van der Waals surface area contributed by atoms with Crippen LogP contribution in [0.5, 0.6) is 11.6 Å². The summed E-state index contributed by atoms with van der Waals surface area (Å²) in [6.45, 7) is 1.92. The summed E-state index contributed by atoms with van der Waals surface area (Å²) in [4.78, 5) is 25.9. The SMILES string of the molecule is CNc1nccc(-c2cccnc2Oc2ccc(NC(=O)Nc3ccc4c(c3)Cc3ccccc3-4)cc2C)n1. The molecule has 0 spiro atoms. The van der Waals surface area contributed by atoms with Crippen molar-refractivity contribution in [2.75, 3.05) is 23.0 Å². The second kappa shape index (κ2) is 10.3. The molecular formula is C31H26N6O2. The van der Waals surface area contributed by atoms with Gasteiger partial charge in [0.15, 0.2) is 0 Å². The Morgan fingerprint density at radius 1 is 0.795 bits per heavy atom. The maximum absolute atomic E-state index is 12.8. The van der Waals surface area contributed by atoms with Gasteiger partial charge in [0.05, 0.1) is 11.3 Å². The van der Waals surface area contributed by atoms with E-state index in [0.29, 0.717) is 29.0 Å². The Morgan fingerprint density at radius 3 is 2.41 bits per heavy atom. The van der Waals surface area contributed by atoms with Crippen molar-refractivity contribution in [1.82, 2.24) is 15.0 Å². The number of aryl methyl sites for hydroxylation is 1. The molecule has 2 heterocycles. The fraction of sp³-hybridized carbons (Fsp3) is 0.0968. The summed E-state index contributed by atoms with van der Waals surface area (Å²) in [7, 11) is 1.77. The van der Waals surface area contributed by atoms with Crippen LogP contribution in [0.25, 0.3) is 22.4 Å². The number of benzene rings is 3. The van der Waals surface area contributed by atoms with E-state index in [1.165, 1.54) is 22.3 Å². The number of carbonyl (C=O) groups is 1. The largest absolute Gasteiger partial charge is 0.438 e. The second-order valence-corrected chi connectivity index (χ2v) is 9.24. The summed E-state index contributed by atoms with van der Waals surface area (Å²) in [5.74, 6) is 1.57. The van der Waals surface area contributed by atoms with Gasteiger partial charge in [-0.05, 0) is 89.7 Å². The normalized spacial score (nSPS) is 11.3. The van der Waals surface area contributed by atoms with Gasteiger partial charge in [-0.1, -0.05) is 30.3 Å². The fourth-order valence-corrected chi connectivity index (χ4v) is 4.76. The van der Waals surface area contributed by atoms with Gasteiger partial charge in [0.1, 0.15) is 5.75 Å². The molecule has 1 aliphatic carbocycles. The zero-order chi connectivity index (χ0) is 26.8. The summed E-state index contributed by atoms with van der Waals surface area (Å²) < 4.78 is 6.17. The number of hydrogen-bond donors (Lipinski definition) is 3. The highest BCUT2D eigenvalue weighted by atomic mass is 16.5. The highest BCUT2D eigenvalue weighted by Gasteiger charge is 2.18. The van der Waals surface area contributed by atoms with Gasteiger partial charge >= 0.3 is 6.03 Å². The Hall–Kier alpha value is -5.24. The van der Waals surface area contributed by atoms with E-state index in [0.717, 1.165) is 23.2 Å². The molecule has 39 heavy (non-hydrogen) atoms. The van der Waals surface area contributed by atoms with Crippen LogP contribution in [0.2, 0.25) is 0 Å². The van der Waals surface area contributed by atoms with E-state index >= 15 is 0 Å². The average Bonchev–Trinajstić information content (AvgIpc) is 3.32. The minimum Gasteiger partial charge on any atom is -0.438 e. The van der Waals surface area contributed by atoms with Crippen LogP contribution < -0.4 is 20.7 Å². The standard InChI is InChI=1S/C31H26N6O2/c1-19-16-22(35-31(38)36-23-9-11-25-21(18-23)17-20-6-3-4-7-24(20)25)10-12-28(19)39-29-26(8-5-14-33-29)27-13-15-34-30(32-2)37-27/h3-16,18H,17H2,1-2H3,(H,32,34,37)(H2,35,36,38). The molecule has 2 amide bonds. The molecular weight excluding hydrogens is 488 g/mol. The third kappa shape index (κ3) is 5.00. The van der Waals surface area contributed by atoms with Gasteiger partial charge in [0.2, 0.25) is 11.8 Å². The number of anilines is 3. The summed E-state index contributed by atoms with van der Waals surface area (Å²) >= 11 is 0. The molecule has 0 saturated heterocycles. The lowest BCUT2D eigenvalue weighted by atomic mass is 10.1. The number of rotatable bonds is 6. The van der Waals surface area contributed by atoms with Gasteiger partial charge in [-0.2, -0.15) is 0 Å². The highest BCUT2D eigenvalue weighted by molar-refractivity contribution is 6.00. The van der Waals surface area contributed by atoms with Gasteiger partial charge in [0.25, 0.3) is 0 Å². The molecule has 0 unspecified atom stereocenters. The number of nitrogens with one attached hydrogen (secondary N) is 3. The first-order chi connectivity index (χ1) is 19.1. The van der Waals surface area contributed by atoms with Crippen molar-refractivity contribution in [3.8, 4) is 34.0 Å². The van der Waals surface area contributed by atoms with Gasteiger partial charge in [-0.25, -0.2) is 19.7 Å². The number of carbonyl (C=O) groups excluding carboxylic acids is 1. The number of aromatic nitrogens is 3. The molecule has 6 rings (SSSR count). The number of pyridine rings is 1. The molecule has 8 nitrogen and oxygen atoms in total. The minimum absolute atomic E-state index is 0.311. The highest BCUT2D eigenvalue weighted by Crippen LogP contribution is 2.38. The van der Waals surface area contributed by atoms with Gasteiger partial charge < -0.3 is 20.7 Å². The predicted octanol–water partition coefficient (Wildman–Crippen LogP) is 6.90. The maximum Gasteiger partial charge on any atom is 0.323 e. The second-order valence-electron chi connectivity index (χ2n) is 9.24. The third-order valence-electron chi connectivity index (χ3n) is 6.62. The van der Waals surface area contributed by atoms with Crippen LogP contribution in [0.4, 0.5) is 22.1 Å². The zero-order valence-corrected chi connectivity index (χ0v) is 21.5. The lowest BCUT2D eigenvalue weighted by Gasteiger charge is -2.14. The smallest absolute Gasteiger partial charge is 0.323 e. The number of fused-ring (bicyclic) bond motifs is 3. The summed E-state index contributed by atoms with van der Waals surface area (Å²) in [5, 5.41) is 8.80. The molecule has 0 saturated carbocycles. The molecule has 2 aromatic heterocycles. The van der Waals surface area contributed by atoms with E-state index in [1.807, 2.05) is 49.4 Å². The van der Waals surface area contributed by atoms with E-state index in [4.69, 9.17) is 4.74 Å². The van der Waals surface area contributed by atoms with E-state index < -0.39 is 0 Å². The molecule has 0 fully saturated rings. The number of urea groups is 1. The molecule has 1 aliphatic rings. The van der Waals surface area contributed by atoms with Crippen LogP contribution in [0.15, 0.2) is 91.3 Å². The lowest BCUT2D eigenvalue weighted by Crippen LogP contribution is -2.19. The number of amides is 2. The van der Waals surface area contributed by atoms with Crippen LogP contribution in [-0.4, -0.2) is 28.0 Å². The average molecular weight is 515 g/mol. The summed E-state index contributed by atoms with van der Waals surface area (Å²) in [5.41, 5.74) is 8.70. The number of nitrogens with zero attached hydrogens (tertiary/aromatic N) is 3. The molecule has 0 bridgehead atoms. The Bertz CT molecular complexity index is 1700. The molecule has 5 aromatic rings. The molecule has 0 radical (unpaired) electrons. The molecule has 8 heteroatoms. The van der Waals surface area contributed by atoms with E-state index in [1.54, 1.807) is 25.5 Å². The zero-order valence-electron chi connectivity index (χ0n) is 21.5. The van der Waals surface area contributed by atoms with Crippen molar-refractivity contribution in [2.24, 2.45) is 0 Å². The summed E-state index contributed by atoms with van der Waals surface area (Å²) in [6.07, 6.45) is 4.23. The Kier molecular flexibility index (Phi) is 6.34. The van der Waals surface area contributed by atoms with E-state index in [-0.39, 0.29) is 6.03 Å². The van der Waals surface area contributed by atoms with Crippen molar-refractivity contribution < 1.29 is 9.53 Å². The maximum atomic E-state index is 12.8. The van der Waals surface area contributed by atoms with Gasteiger partial charge in [0, 0.05) is 30.8 Å².